The van der Waals surface area contributed by atoms with Gasteiger partial charge in [-0.2, -0.15) is 0 Å². The van der Waals surface area contributed by atoms with Crippen molar-refractivity contribution in [2.75, 3.05) is 20.7 Å². The molecule has 0 bridgehead atoms. The van der Waals surface area contributed by atoms with E-state index in [1.807, 2.05) is 0 Å². The molecule has 1 aliphatic heterocycles. The van der Waals surface area contributed by atoms with E-state index in [4.69, 9.17) is 16.3 Å². The topological polar surface area (TPSA) is 45.3 Å². The Balaban J connectivity index is 2.36. The maximum atomic E-state index is 12.1. The van der Waals surface area contributed by atoms with Crippen molar-refractivity contribution < 1.29 is 9.53 Å². The van der Waals surface area contributed by atoms with Crippen molar-refractivity contribution in [2.24, 2.45) is 0 Å². The van der Waals surface area contributed by atoms with E-state index in [9.17, 15) is 4.79 Å². The van der Waals surface area contributed by atoms with Crippen LogP contribution in [0.3, 0.4) is 0 Å². The van der Waals surface area contributed by atoms with E-state index >= 15 is 0 Å². The summed E-state index contributed by atoms with van der Waals surface area (Å²) < 4.78 is 5.31. The van der Waals surface area contributed by atoms with Crippen molar-refractivity contribution in [2.45, 2.75) is 6.42 Å². The zero-order valence-electron chi connectivity index (χ0n) is 10.2. The molecule has 1 aromatic carbocycles. The molecular weight excluding hydrogens is 252 g/mol. The minimum atomic E-state index is 0.00516. The highest BCUT2D eigenvalue weighted by Crippen LogP contribution is 2.37. The van der Waals surface area contributed by atoms with Gasteiger partial charge in [-0.05, 0) is 24.1 Å². The van der Waals surface area contributed by atoms with Crippen molar-refractivity contribution in [1.29, 1.82) is 0 Å². The monoisotopic (exact) mass is 264 g/mol. The number of methoxy groups -OCH3 is 1. The third kappa shape index (κ3) is 1.42. The van der Waals surface area contributed by atoms with Crippen LogP contribution in [-0.4, -0.2) is 36.5 Å². The third-order valence-corrected chi connectivity index (χ3v) is 3.76. The normalized spacial score (nSPS) is 15.1. The number of H-pyrrole nitrogens is 1. The Morgan fingerprint density at radius 3 is 2.94 bits per heavy atom. The van der Waals surface area contributed by atoms with E-state index < -0.39 is 0 Å². The number of halogens is 1. The molecule has 94 valence electrons. The number of nitrogens with zero attached hydrogens (tertiary/aromatic N) is 1. The molecule has 2 heterocycles. The molecule has 5 heteroatoms. The van der Waals surface area contributed by atoms with Gasteiger partial charge in [-0.3, -0.25) is 4.79 Å². The smallest absolute Gasteiger partial charge is 0.270 e. The van der Waals surface area contributed by atoms with Gasteiger partial charge in [0, 0.05) is 19.0 Å². The van der Waals surface area contributed by atoms with Crippen LogP contribution in [0.15, 0.2) is 12.1 Å². The minimum absolute atomic E-state index is 0.00516. The Bertz CT molecular complexity index is 648. The van der Waals surface area contributed by atoms with Gasteiger partial charge in [0.1, 0.15) is 11.4 Å². The number of hydrogen-bond donors (Lipinski definition) is 1. The molecule has 1 aliphatic rings. The lowest BCUT2D eigenvalue weighted by molar-refractivity contribution is 0.0776. The van der Waals surface area contributed by atoms with Gasteiger partial charge in [-0.1, -0.05) is 11.6 Å². The van der Waals surface area contributed by atoms with Crippen LogP contribution in [0, 0.1) is 0 Å². The van der Waals surface area contributed by atoms with Gasteiger partial charge in [-0.25, -0.2) is 0 Å². The molecule has 0 radical (unpaired) electrons. The van der Waals surface area contributed by atoms with E-state index in [0.29, 0.717) is 23.0 Å². The van der Waals surface area contributed by atoms with Crippen LogP contribution >= 0.6 is 11.6 Å². The second-order valence-corrected chi connectivity index (χ2v) is 4.86. The summed E-state index contributed by atoms with van der Waals surface area (Å²) in [6, 6.07) is 3.61. The predicted octanol–water partition coefficient (Wildman–Crippen LogP) is 2.46. The summed E-state index contributed by atoms with van der Waals surface area (Å²) >= 11 is 6.25. The average Bonchev–Trinajstić information content (AvgIpc) is 2.75. The Hall–Kier alpha value is -1.68. The summed E-state index contributed by atoms with van der Waals surface area (Å²) in [6.07, 6.45) is 0.810. The highest BCUT2D eigenvalue weighted by atomic mass is 35.5. The van der Waals surface area contributed by atoms with Crippen molar-refractivity contribution in [3.8, 4) is 5.75 Å². The molecule has 0 saturated heterocycles. The fraction of sp³-hybridized carbons (Fsp3) is 0.308. The Labute approximate surface area is 109 Å². The maximum absolute atomic E-state index is 12.1. The minimum Gasteiger partial charge on any atom is -0.495 e. The lowest BCUT2D eigenvalue weighted by Gasteiger charge is -2.22. The van der Waals surface area contributed by atoms with Gasteiger partial charge in [-0.15, -0.1) is 0 Å². The number of aromatic nitrogens is 1. The van der Waals surface area contributed by atoms with Crippen molar-refractivity contribution >= 4 is 28.4 Å². The molecule has 0 fully saturated rings. The van der Waals surface area contributed by atoms with Gasteiger partial charge >= 0.3 is 0 Å². The number of fused-ring (bicyclic) bond motifs is 3. The molecule has 3 rings (SSSR count). The third-order valence-electron chi connectivity index (χ3n) is 3.45. The molecule has 0 aliphatic carbocycles. The summed E-state index contributed by atoms with van der Waals surface area (Å²) in [6.45, 7) is 0.715. The first-order valence-electron chi connectivity index (χ1n) is 5.76. The number of likely N-dealkylation sites (N-methyl/N-ethyl adjacent to an activating group) is 1. The van der Waals surface area contributed by atoms with Crippen LogP contribution in [0.1, 0.15) is 16.1 Å². The van der Waals surface area contributed by atoms with E-state index in [1.54, 1.807) is 31.2 Å². The summed E-state index contributed by atoms with van der Waals surface area (Å²) in [7, 11) is 3.41. The second kappa shape index (κ2) is 3.92. The molecule has 2 aromatic rings. The van der Waals surface area contributed by atoms with Gasteiger partial charge in [0.15, 0.2) is 0 Å². The highest BCUT2D eigenvalue weighted by molar-refractivity contribution is 6.36. The number of aromatic amines is 1. The number of rotatable bonds is 1. The molecule has 0 atom stereocenters. The van der Waals surface area contributed by atoms with E-state index in [2.05, 4.69) is 4.98 Å². The average molecular weight is 265 g/mol. The first-order valence-corrected chi connectivity index (χ1v) is 6.13. The van der Waals surface area contributed by atoms with Gasteiger partial charge in [0.25, 0.3) is 5.91 Å². The molecule has 18 heavy (non-hydrogen) atoms. The number of amides is 1. The summed E-state index contributed by atoms with van der Waals surface area (Å²) in [5.41, 5.74) is 2.43. The second-order valence-electron chi connectivity index (χ2n) is 4.45. The molecular formula is C13H13ClN2O2. The van der Waals surface area contributed by atoms with Crippen LogP contribution in [0.4, 0.5) is 0 Å². The number of carbonyl (C=O) groups is 1. The molecule has 0 saturated carbocycles. The van der Waals surface area contributed by atoms with Crippen LogP contribution in [0.25, 0.3) is 10.9 Å². The number of benzene rings is 1. The maximum Gasteiger partial charge on any atom is 0.270 e. The van der Waals surface area contributed by atoms with Crippen LogP contribution in [0.2, 0.25) is 5.02 Å². The molecule has 4 nitrogen and oxygen atoms in total. The van der Waals surface area contributed by atoms with E-state index in [1.165, 1.54) is 0 Å². The van der Waals surface area contributed by atoms with Crippen molar-refractivity contribution in [1.82, 2.24) is 9.88 Å². The van der Waals surface area contributed by atoms with Crippen molar-refractivity contribution in [3.63, 3.8) is 0 Å². The lowest BCUT2D eigenvalue weighted by atomic mass is 10.0. The molecule has 1 amide bonds. The largest absolute Gasteiger partial charge is 0.495 e. The Kier molecular flexibility index (Phi) is 2.48. The number of hydrogen-bond acceptors (Lipinski definition) is 2. The van der Waals surface area contributed by atoms with Crippen LogP contribution in [-0.2, 0) is 6.42 Å². The summed E-state index contributed by atoms with van der Waals surface area (Å²) in [5.74, 6) is 0.713. The molecule has 1 N–H and O–H groups in total. The summed E-state index contributed by atoms with van der Waals surface area (Å²) in [5, 5.41) is 1.56. The summed E-state index contributed by atoms with van der Waals surface area (Å²) in [4.78, 5) is 17.0. The molecule has 1 aromatic heterocycles. The van der Waals surface area contributed by atoms with E-state index in [-0.39, 0.29) is 5.91 Å². The first kappa shape index (κ1) is 11.4. The lowest BCUT2D eigenvalue weighted by Crippen LogP contribution is -2.33. The van der Waals surface area contributed by atoms with Gasteiger partial charge < -0.3 is 14.6 Å². The Morgan fingerprint density at radius 2 is 2.22 bits per heavy atom. The van der Waals surface area contributed by atoms with Crippen molar-refractivity contribution in [3.05, 3.63) is 28.4 Å². The fourth-order valence-electron chi connectivity index (χ4n) is 2.48. The first-order chi connectivity index (χ1) is 8.63. The molecule has 0 unspecified atom stereocenters. The zero-order valence-corrected chi connectivity index (χ0v) is 11.0. The van der Waals surface area contributed by atoms with Gasteiger partial charge in [0.2, 0.25) is 0 Å². The SMILES string of the molecule is COc1ccc(Cl)c2c3c([nH]c12)C(=O)N(C)CC3. The van der Waals surface area contributed by atoms with Gasteiger partial charge in [0.05, 0.1) is 17.6 Å². The number of ether oxygens (including phenoxy) is 1. The standard InChI is InChI=1S/C13H13ClN2O2/c1-16-6-5-7-10-8(14)3-4-9(18-2)12(10)15-11(7)13(16)17/h3-4,15H,5-6H2,1-2H3. The number of nitrogens with one attached hydrogen (secondary N) is 1. The quantitative estimate of drug-likeness (QED) is 0.860. The number of carbonyl (C=O) groups excluding carboxylic acids is 1. The highest BCUT2D eigenvalue weighted by Gasteiger charge is 2.27. The van der Waals surface area contributed by atoms with Crippen LogP contribution in [0.5, 0.6) is 5.75 Å². The van der Waals surface area contributed by atoms with Crippen LogP contribution < -0.4 is 4.74 Å². The zero-order chi connectivity index (χ0) is 12.9. The Morgan fingerprint density at radius 1 is 1.44 bits per heavy atom. The molecule has 0 spiro atoms. The van der Waals surface area contributed by atoms with E-state index in [0.717, 1.165) is 22.9 Å². The fourth-order valence-corrected chi connectivity index (χ4v) is 2.75. The predicted molar refractivity (Wildman–Crippen MR) is 70.5 cm³/mol.